The Bertz CT molecular complexity index is 506. The van der Waals surface area contributed by atoms with Crippen LogP contribution in [0.3, 0.4) is 0 Å². The molecule has 1 heteroatoms. The minimum Gasteiger partial charge on any atom is -0.331 e. The lowest BCUT2D eigenvalue weighted by Gasteiger charge is -2.23. The van der Waals surface area contributed by atoms with E-state index < -0.39 is 0 Å². The largest absolute Gasteiger partial charge is 0.331 e. The van der Waals surface area contributed by atoms with Crippen LogP contribution in [0.5, 0.6) is 0 Å². The quantitative estimate of drug-likeness (QED) is 0.0465. The van der Waals surface area contributed by atoms with Gasteiger partial charge in [-0.25, -0.2) is 0 Å². The Hall–Kier alpha value is -0.0400. The minimum absolute atomic E-state index is 1.12. The molecule has 0 bridgehead atoms. The van der Waals surface area contributed by atoms with Crippen molar-refractivity contribution in [2.45, 2.75) is 257 Å². The zero-order valence-corrected chi connectivity index (χ0v) is 32.7. The number of nitrogens with zero attached hydrogens (tertiary/aromatic N) is 1. The van der Waals surface area contributed by atoms with Crippen molar-refractivity contribution in [3.63, 3.8) is 0 Å². The van der Waals surface area contributed by atoms with Gasteiger partial charge in [0.05, 0.1) is 27.7 Å². The lowest BCUT2D eigenvalue weighted by Crippen LogP contribution is -2.35. The smallest absolute Gasteiger partial charge is 0.0780 e. The Kier molecular flexibility index (Phi) is 38.4. The van der Waals surface area contributed by atoms with Gasteiger partial charge in [-0.2, -0.15) is 0 Å². The fourth-order valence-corrected chi connectivity index (χ4v) is 7.20. The molecule has 0 spiro atoms. The molecule has 0 aliphatic heterocycles. The molecule has 45 heavy (non-hydrogen) atoms. The number of unbranched alkanes of at least 4 members (excludes halogenated alkanes) is 38. The van der Waals surface area contributed by atoms with E-state index in [1.165, 1.54) is 257 Å². The average molecular weight is 635 g/mol. The van der Waals surface area contributed by atoms with Crippen LogP contribution in [0.15, 0.2) is 0 Å². The Labute approximate surface area is 288 Å². The summed E-state index contributed by atoms with van der Waals surface area (Å²) in [6, 6.07) is 0. The molecule has 0 aliphatic rings. The van der Waals surface area contributed by atoms with Crippen molar-refractivity contribution in [3.05, 3.63) is 0 Å². The maximum atomic E-state index is 2.31. The maximum absolute atomic E-state index is 2.31. The van der Waals surface area contributed by atoms with Gasteiger partial charge >= 0.3 is 0 Å². The standard InChI is InChI=1S/C44H92N/c1-5-6-7-8-9-10-11-12-13-14-15-16-17-18-19-20-21-22-23-24-25-26-27-28-29-30-31-32-33-34-35-36-37-38-39-40-41-42-43-44-45(2,3)4/h5-44H2,1-4H3/q+1. The maximum Gasteiger partial charge on any atom is 0.0780 e. The first-order valence-electron chi connectivity index (χ1n) is 21.9. The Morgan fingerprint density at radius 1 is 0.200 bits per heavy atom. The first kappa shape index (κ1) is 45.0. The predicted octanol–water partition coefficient (Wildman–Crippen LogP) is 15.9. The molecule has 0 heterocycles. The molecule has 0 rings (SSSR count). The monoisotopic (exact) mass is 635 g/mol. The second-order valence-corrected chi connectivity index (χ2v) is 16.4. The molecule has 0 amide bonds. The molecule has 0 atom stereocenters. The summed E-state index contributed by atoms with van der Waals surface area (Å²) in [5.74, 6) is 0. The highest BCUT2D eigenvalue weighted by Crippen LogP contribution is 2.17. The van der Waals surface area contributed by atoms with E-state index >= 15 is 0 Å². The highest BCUT2D eigenvalue weighted by Gasteiger charge is 2.05. The van der Waals surface area contributed by atoms with E-state index in [0.717, 1.165) is 4.48 Å². The summed E-state index contributed by atoms with van der Waals surface area (Å²) < 4.78 is 1.12. The summed E-state index contributed by atoms with van der Waals surface area (Å²) in [6.07, 6.45) is 57.8. The van der Waals surface area contributed by atoms with Gasteiger partial charge in [-0.15, -0.1) is 0 Å². The van der Waals surface area contributed by atoms with E-state index in [1.54, 1.807) is 0 Å². The molecule has 0 radical (unpaired) electrons. The Balaban J connectivity index is 3.05. The van der Waals surface area contributed by atoms with Crippen LogP contribution in [-0.4, -0.2) is 32.2 Å². The molecule has 0 unspecified atom stereocenters. The number of quaternary nitrogens is 1. The highest BCUT2D eigenvalue weighted by molar-refractivity contribution is 4.53. The SMILES string of the molecule is CCCCCCCCCCCCCCCCCCCCCCCCCCCCCCCCCCCCCCCCC[N+](C)(C)C. The molecule has 0 aromatic heterocycles. The number of hydrogen-bond acceptors (Lipinski definition) is 0. The predicted molar refractivity (Wildman–Crippen MR) is 209 cm³/mol. The minimum atomic E-state index is 1.12. The van der Waals surface area contributed by atoms with Crippen LogP contribution < -0.4 is 0 Å². The summed E-state index contributed by atoms with van der Waals surface area (Å²) in [4.78, 5) is 0. The molecule has 0 aromatic carbocycles. The van der Waals surface area contributed by atoms with Gasteiger partial charge in [-0.3, -0.25) is 0 Å². The molecule has 0 aliphatic carbocycles. The zero-order valence-electron chi connectivity index (χ0n) is 32.7. The van der Waals surface area contributed by atoms with Gasteiger partial charge in [0.2, 0.25) is 0 Å². The zero-order chi connectivity index (χ0) is 32.8. The van der Waals surface area contributed by atoms with Crippen LogP contribution >= 0.6 is 0 Å². The van der Waals surface area contributed by atoms with Crippen molar-refractivity contribution in [2.24, 2.45) is 0 Å². The Morgan fingerprint density at radius 2 is 0.333 bits per heavy atom. The summed E-state index contributed by atoms with van der Waals surface area (Å²) in [7, 11) is 6.93. The van der Waals surface area contributed by atoms with Crippen LogP contribution in [0.2, 0.25) is 0 Å². The van der Waals surface area contributed by atoms with Gasteiger partial charge in [0.1, 0.15) is 0 Å². The van der Waals surface area contributed by atoms with Gasteiger partial charge in [0.15, 0.2) is 0 Å². The van der Waals surface area contributed by atoms with Gasteiger partial charge < -0.3 is 4.48 Å². The van der Waals surface area contributed by atoms with Crippen molar-refractivity contribution < 1.29 is 4.48 Å². The van der Waals surface area contributed by atoms with E-state index in [4.69, 9.17) is 0 Å². The van der Waals surface area contributed by atoms with Crippen molar-refractivity contribution in [3.8, 4) is 0 Å². The molecule has 0 saturated carbocycles. The first-order chi connectivity index (χ1) is 22.1. The fourth-order valence-electron chi connectivity index (χ4n) is 7.20. The van der Waals surface area contributed by atoms with Crippen molar-refractivity contribution in [1.82, 2.24) is 0 Å². The average Bonchev–Trinajstić information content (AvgIpc) is 3.01. The normalized spacial score (nSPS) is 12.0. The summed E-state index contributed by atoms with van der Waals surface area (Å²) >= 11 is 0. The van der Waals surface area contributed by atoms with E-state index in [9.17, 15) is 0 Å². The fraction of sp³-hybridized carbons (Fsp3) is 1.00. The van der Waals surface area contributed by atoms with Crippen molar-refractivity contribution in [1.29, 1.82) is 0 Å². The highest BCUT2D eigenvalue weighted by atomic mass is 15.3. The first-order valence-corrected chi connectivity index (χ1v) is 21.9. The van der Waals surface area contributed by atoms with E-state index in [0.29, 0.717) is 0 Å². The van der Waals surface area contributed by atoms with Crippen LogP contribution in [0.25, 0.3) is 0 Å². The molecule has 0 N–H and O–H groups in total. The van der Waals surface area contributed by atoms with E-state index in [1.807, 2.05) is 0 Å². The van der Waals surface area contributed by atoms with Gasteiger partial charge in [0.25, 0.3) is 0 Å². The van der Waals surface area contributed by atoms with Crippen LogP contribution in [0.1, 0.15) is 257 Å². The van der Waals surface area contributed by atoms with Gasteiger partial charge in [-0.05, 0) is 12.8 Å². The second-order valence-electron chi connectivity index (χ2n) is 16.4. The molecular formula is C44H92N+. The number of hydrogen-bond donors (Lipinski definition) is 0. The summed E-state index contributed by atoms with van der Waals surface area (Å²) in [5, 5.41) is 0. The molecule has 0 saturated heterocycles. The summed E-state index contributed by atoms with van der Waals surface area (Å²) in [6.45, 7) is 3.64. The van der Waals surface area contributed by atoms with Gasteiger partial charge in [-0.1, -0.05) is 244 Å². The van der Waals surface area contributed by atoms with E-state index in [-0.39, 0.29) is 0 Å². The molecular weight excluding hydrogens is 542 g/mol. The van der Waals surface area contributed by atoms with Crippen molar-refractivity contribution in [2.75, 3.05) is 27.7 Å². The topological polar surface area (TPSA) is 0 Å². The molecule has 1 nitrogen and oxygen atoms in total. The van der Waals surface area contributed by atoms with E-state index in [2.05, 4.69) is 28.1 Å². The molecule has 0 fully saturated rings. The number of rotatable bonds is 40. The third kappa shape index (κ3) is 44.0. The van der Waals surface area contributed by atoms with Crippen molar-refractivity contribution >= 4 is 0 Å². The molecule has 272 valence electrons. The Morgan fingerprint density at radius 3 is 0.467 bits per heavy atom. The summed E-state index contributed by atoms with van der Waals surface area (Å²) in [5.41, 5.74) is 0. The molecule has 0 aromatic rings. The third-order valence-electron chi connectivity index (χ3n) is 10.4. The van der Waals surface area contributed by atoms with Crippen LogP contribution in [-0.2, 0) is 0 Å². The van der Waals surface area contributed by atoms with Crippen LogP contribution in [0, 0.1) is 0 Å². The van der Waals surface area contributed by atoms with Crippen LogP contribution in [0.4, 0.5) is 0 Å². The van der Waals surface area contributed by atoms with Gasteiger partial charge in [0, 0.05) is 0 Å². The lowest BCUT2D eigenvalue weighted by atomic mass is 10.0. The second kappa shape index (κ2) is 38.4. The third-order valence-corrected chi connectivity index (χ3v) is 10.4. The lowest BCUT2D eigenvalue weighted by molar-refractivity contribution is -0.870.